The van der Waals surface area contributed by atoms with Gasteiger partial charge in [0.05, 0.1) is 0 Å². The van der Waals surface area contributed by atoms with E-state index < -0.39 is 0 Å². The van der Waals surface area contributed by atoms with Crippen LogP contribution in [0.2, 0.25) is 0 Å². The summed E-state index contributed by atoms with van der Waals surface area (Å²) in [6.45, 7) is 21.8. The molecule has 0 nitrogen and oxygen atoms in total. The largest absolute Gasteiger partial charge is 0.0683 e. The molecule has 0 amide bonds. The highest BCUT2D eigenvalue weighted by molar-refractivity contribution is 5.33. The van der Waals surface area contributed by atoms with Crippen LogP contribution < -0.4 is 0 Å². The maximum atomic E-state index is 2.30. The molecule has 1 rings (SSSR count). The van der Waals surface area contributed by atoms with Crippen LogP contribution in [0, 0.1) is 5.41 Å². The van der Waals surface area contributed by atoms with E-state index in [1.807, 2.05) is 27.7 Å². The third-order valence-electron chi connectivity index (χ3n) is 2.55. The van der Waals surface area contributed by atoms with Crippen molar-refractivity contribution in [3.63, 3.8) is 0 Å². The summed E-state index contributed by atoms with van der Waals surface area (Å²) >= 11 is 0. The smallest absolute Gasteiger partial charge is 0.0129 e. The second-order valence-electron chi connectivity index (χ2n) is 6.64. The Balaban J connectivity index is 0. The first-order chi connectivity index (χ1) is 8.70. The highest BCUT2D eigenvalue weighted by Crippen LogP contribution is 2.30. The predicted octanol–water partition coefficient (Wildman–Crippen LogP) is 6.63. The summed E-state index contributed by atoms with van der Waals surface area (Å²) in [4.78, 5) is 0. The Morgan fingerprint density at radius 3 is 1.53 bits per heavy atom. The highest BCUT2D eigenvalue weighted by Gasteiger charge is 2.20. The van der Waals surface area contributed by atoms with Gasteiger partial charge in [0.15, 0.2) is 0 Å². The molecular formula is C19H36. The lowest BCUT2D eigenvalue weighted by Crippen LogP contribution is -2.18. The number of hydrogen-bond acceptors (Lipinski definition) is 0. The van der Waals surface area contributed by atoms with Gasteiger partial charge in [0.25, 0.3) is 0 Å². The van der Waals surface area contributed by atoms with Gasteiger partial charge >= 0.3 is 0 Å². The Morgan fingerprint density at radius 2 is 1.16 bits per heavy atom. The van der Waals surface area contributed by atoms with Gasteiger partial charge in [-0.2, -0.15) is 0 Å². The van der Waals surface area contributed by atoms with E-state index in [9.17, 15) is 0 Å². The second kappa shape index (κ2) is 9.18. The zero-order valence-corrected chi connectivity index (χ0v) is 15.0. The highest BCUT2D eigenvalue weighted by atomic mass is 14.2. The lowest BCUT2D eigenvalue weighted by molar-refractivity contribution is 0.406. The Labute approximate surface area is 122 Å². The molecule has 0 atom stereocenters. The van der Waals surface area contributed by atoms with Crippen molar-refractivity contribution < 1.29 is 0 Å². The summed E-state index contributed by atoms with van der Waals surface area (Å²) in [6.07, 6.45) is 1.15. The van der Waals surface area contributed by atoms with Gasteiger partial charge in [-0.3, -0.25) is 0 Å². The molecule has 0 aromatic heterocycles. The number of benzene rings is 1. The van der Waals surface area contributed by atoms with E-state index in [-0.39, 0.29) is 5.41 Å². The summed E-state index contributed by atoms with van der Waals surface area (Å²) in [6, 6.07) is 8.83. The van der Waals surface area contributed by atoms with Gasteiger partial charge in [-0.15, -0.1) is 0 Å². The molecule has 19 heavy (non-hydrogen) atoms. The molecule has 1 aromatic rings. The Bertz CT molecular complexity index is 321. The van der Waals surface area contributed by atoms with Gasteiger partial charge in [-0.25, -0.2) is 0 Å². The minimum Gasteiger partial charge on any atom is -0.0683 e. The molecule has 0 bridgehead atoms. The quantitative estimate of drug-likeness (QED) is 0.534. The summed E-state index contributed by atoms with van der Waals surface area (Å²) in [5, 5.41) is 0. The fourth-order valence-electron chi connectivity index (χ4n) is 1.98. The first kappa shape index (κ1) is 20.5. The molecule has 0 fully saturated rings. The predicted molar refractivity (Wildman–Crippen MR) is 91.0 cm³/mol. The van der Waals surface area contributed by atoms with E-state index in [4.69, 9.17) is 0 Å². The third kappa shape index (κ3) is 8.86. The summed E-state index contributed by atoms with van der Waals surface area (Å²) in [7, 11) is 0. The first-order valence-electron chi connectivity index (χ1n) is 7.78. The van der Waals surface area contributed by atoms with Crippen molar-refractivity contribution in [3.8, 4) is 0 Å². The van der Waals surface area contributed by atoms with Crippen molar-refractivity contribution in [1.82, 2.24) is 0 Å². The molecular weight excluding hydrogens is 228 g/mol. The van der Waals surface area contributed by atoms with Crippen molar-refractivity contribution in [2.24, 2.45) is 5.41 Å². The third-order valence-corrected chi connectivity index (χ3v) is 2.55. The van der Waals surface area contributed by atoms with Gasteiger partial charge in [-0.1, -0.05) is 93.5 Å². The normalized spacial score (nSPS) is 10.8. The molecule has 0 heteroatoms. The average molecular weight is 264 g/mol. The summed E-state index contributed by atoms with van der Waals surface area (Å²) < 4.78 is 0. The average Bonchev–Trinajstić information content (AvgIpc) is 2.31. The van der Waals surface area contributed by atoms with Crippen LogP contribution in [0.15, 0.2) is 24.3 Å². The molecule has 0 spiro atoms. The Hall–Kier alpha value is -0.780. The molecule has 112 valence electrons. The zero-order valence-electron chi connectivity index (χ0n) is 15.0. The molecule has 0 saturated heterocycles. The van der Waals surface area contributed by atoms with Crippen molar-refractivity contribution in [1.29, 1.82) is 0 Å². The lowest BCUT2D eigenvalue weighted by Gasteiger charge is -2.26. The van der Waals surface area contributed by atoms with Crippen molar-refractivity contribution in [3.05, 3.63) is 35.4 Å². The van der Waals surface area contributed by atoms with Gasteiger partial charge in [0, 0.05) is 0 Å². The summed E-state index contributed by atoms with van der Waals surface area (Å²) in [5.74, 6) is 0. The van der Waals surface area contributed by atoms with Gasteiger partial charge in [-0.05, 0) is 28.4 Å². The van der Waals surface area contributed by atoms with E-state index >= 15 is 0 Å². The van der Waals surface area contributed by atoms with Crippen molar-refractivity contribution in [2.45, 2.75) is 81.1 Å². The first-order valence-corrected chi connectivity index (χ1v) is 7.78. The molecule has 0 aliphatic rings. The molecule has 0 unspecified atom stereocenters. The van der Waals surface area contributed by atoms with Crippen LogP contribution in [-0.2, 0) is 11.8 Å². The molecule has 1 aromatic carbocycles. The summed E-state index contributed by atoms with van der Waals surface area (Å²) in [5.41, 5.74) is 3.60. The Morgan fingerprint density at radius 1 is 0.737 bits per heavy atom. The molecule has 0 aliphatic carbocycles. The standard InChI is InChI=1S/C15H24.2C2H6/c1-14(2,3)11-12-9-7-8-10-13(12)15(4,5)6;2*1-2/h7-10H,11H2,1-6H3;2*1-2H3. The van der Waals surface area contributed by atoms with Crippen LogP contribution >= 0.6 is 0 Å². The van der Waals surface area contributed by atoms with Crippen LogP contribution in [0.1, 0.15) is 80.4 Å². The number of rotatable bonds is 1. The maximum Gasteiger partial charge on any atom is -0.0129 e. The second-order valence-corrected chi connectivity index (χ2v) is 6.64. The molecule has 0 heterocycles. The van der Waals surface area contributed by atoms with E-state index in [1.165, 1.54) is 11.1 Å². The lowest BCUT2D eigenvalue weighted by atomic mass is 9.78. The topological polar surface area (TPSA) is 0 Å². The van der Waals surface area contributed by atoms with E-state index in [0.717, 1.165) is 6.42 Å². The fourth-order valence-corrected chi connectivity index (χ4v) is 1.98. The van der Waals surface area contributed by atoms with Crippen LogP contribution in [-0.4, -0.2) is 0 Å². The molecule has 0 aliphatic heterocycles. The van der Waals surface area contributed by atoms with E-state index in [1.54, 1.807) is 0 Å². The van der Waals surface area contributed by atoms with Gasteiger partial charge in [0.2, 0.25) is 0 Å². The van der Waals surface area contributed by atoms with Gasteiger partial charge < -0.3 is 0 Å². The van der Waals surface area contributed by atoms with Crippen LogP contribution in [0.25, 0.3) is 0 Å². The Kier molecular flexibility index (Phi) is 9.92. The van der Waals surface area contributed by atoms with E-state index in [2.05, 4.69) is 65.8 Å². The van der Waals surface area contributed by atoms with Crippen LogP contribution in [0.4, 0.5) is 0 Å². The number of hydrogen-bond donors (Lipinski definition) is 0. The van der Waals surface area contributed by atoms with Crippen molar-refractivity contribution >= 4 is 0 Å². The van der Waals surface area contributed by atoms with Crippen LogP contribution in [0.3, 0.4) is 0 Å². The SMILES string of the molecule is CC.CC.CC(C)(C)Cc1ccccc1C(C)(C)C. The molecule has 0 saturated carbocycles. The monoisotopic (exact) mass is 264 g/mol. The molecule has 0 N–H and O–H groups in total. The van der Waals surface area contributed by atoms with Crippen LogP contribution in [0.5, 0.6) is 0 Å². The van der Waals surface area contributed by atoms with Gasteiger partial charge in [0.1, 0.15) is 0 Å². The zero-order chi connectivity index (χ0) is 15.7. The van der Waals surface area contributed by atoms with E-state index in [0.29, 0.717) is 5.41 Å². The molecule has 0 radical (unpaired) electrons. The van der Waals surface area contributed by atoms with Crippen molar-refractivity contribution in [2.75, 3.05) is 0 Å². The maximum absolute atomic E-state index is 2.30. The minimum absolute atomic E-state index is 0.252. The minimum atomic E-state index is 0.252. The fraction of sp³-hybridized carbons (Fsp3) is 0.684.